The lowest BCUT2D eigenvalue weighted by Crippen LogP contribution is -2.00. The zero-order valence-electron chi connectivity index (χ0n) is 11.8. The minimum atomic E-state index is 0.617. The first-order chi connectivity index (χ1) is 8.77. The second-order valence-corrected chi connectivity index (χ2v) is 5.01. The molecular formula is C18H26. The molecule has 1 aromatic rings. The fourth-order valence-electron chi connectivity index (χ4n) is 2.15. The third kappa shape index (κ3) is 5.35. The first kappa shape index (κ1) is 14.8. The van der Waals surface area contributed by atoms with Crippen molar-refractivity contribution in [1.29, 1.82) is 0 Å². The summed E-state index contributed by atoms with van der Waals surface area (Å²) < 4.78 is 0. The maximum Gasteiger partial charge on any atom is -0.0127 e. The minimum absolute atomic E-state index is 0.617. The van der Waals surface area contributed by atoms with Gasteiger partial charge in [-0.05, 0) is 43.1 Å². The fourth-order valence-corrected chi connectivity index (χ4v) is 2.15. The molecule has 0 aromatic heterocycles. The highest BCUT2D eigenvalue weighted by molar-refractivity contribution is 5.20. The second-order valence-electron chi connectivity index (χ2n) is 5.01. The molecule has 0 amide bonds. The summed E-state index contributed by atoms with van der Waals surface area (Å²) in [5, 5.41) is 0. The molecule has 2 unspecified atom stereocenters. The van der Waals surface area contributed by atoms with E-state index in [1.54, 1.807) is 0 Å². The molecule has 98 valence electrons. The maximum atomic E-state index is 3.87. The minimum Gasteiger partial charge on any atom is -0.103 e. The lowest BCUT2D eigenvalue weighted by molar-refractivity contribution is 0.533. The van der Waals surface area contributed by atoms with Crippen LogP contribution in [0.1, 0.15) is 51.0 Å². The first-order valence-electron chi connectivity index (χ1n) is 7.10. The van der Waals surface area contributed by atoms with Gasteiger partial charge in [-0.15, -0.1) is 6.58 Å². The molecule has 0 aliphatic rings. The Bertz CT molecular complexity index is 348. The summed E-state index contributed by atoms with van der Waals surface area (Å²) in [5.74, 6) is 1.27. The Morgan fingerprint density at radius 3 is 2.44 bits per heavy atom. The van der Waals surface area contributed by atoms with Crippen LogP contribution in [-0.2, 0) is 0 Å². The molecule has 0 N–H and O–H groups in total. The quantitative estimate of drug-likeness (QED) is 0.511. The molecule has 0 nitrogen and oxygen atoms in total. The predicted octanol–water partition coefficient (Wildman–Crippen LogP) is 5.73. The van der Waals surface area contributed by atoms with Crippen LogP contribution in [0.15, 0.2) is 55.1 Å². The van der Waals surface area contributed by atoms with Gasteiger partial charge < -0.3 is 0 Å². The van der Waals surface area contributed by atoms with Gasteiger partial charge in [-0.1, -0.05) is 62.4 Å². The highest BCUT2D eigenvalue weighted by Gasteiger charge is 2.10. The van der Waals surface area contributed by atoms with Crippen molar-refractivity contribution in [3.05, 3.63) is 60.7 Å². The predicted molar refractivity (Wildman–Crippen MR) is 81.8 cm³/mol. The normalized spacial score (nSPS) is 14.6. The van der Waals surface area contributed by atoms with Gasteiger partial charge in [0, 0.05) is 0 Å². The van der Waals surface area contributed by atoms with Crippen LogP contribution in [0, 0.1) is 5.92 Å². The van der Waals surface area contributed by atoms with Crippen molar-refractivity contribution in [1.82, 2.24) is 0 Å². The van der Waals surface area contributed by atoms with Gasteiger partial charge in [0.15, 0.2) is 0 Å². The number of benzene rings is 1. The van der Waals surface area contributed by atoms with Crippen LogP contribution < -0.4 is 0 Å². The zero-order chi connectivity index (χ0) is 13.2. The van der Waals surface area contributed by atoms with Gasteiger partial charge in [-0.2, -0.15) is 0 Å². The van der Waals surface area contributed by atoms with Crippen LogP contribution in [-0.4, -0.2) is 0 Å². The highest BCUT2D eigenvalue weighted by atomic mass is 14.2. The van der Waals surface area contributed by atoms with Crippen molar-refractivity contribution in [3.8, 4) is 0 Å². The van der Waals surface area contributed by atoms with Gasteiger partial charge in [-0.25, -0.2) is 0 Å². The largest absolute Gasteiger partial charge is 0.103 e. The topological polar surface area (TPSA) is 0 Å². The van der Waals surface area contributed by atoms with Gasteiger partial charge in [0.1, 0.15) is 0 Å². The molecule has 0 spiro atoms. The number of hydrogen-bond donors (Lipinski definition) is 0. The molecule has 2 atom stereocenters. The first-order valence-corrected chi connectivity index (χ1v) is 7.10. The van der Waals surface area contributed by atoms with Gasteiger partial charge in [0.05, 0.1) is 0 Å². The maximum absolute atomic E-state index is 3.87. The van der Waals surface area contributed by atoms with Crippen LogP contribution in [0.2, 0.25) is 0 Å². The van der Waals surface area contributed by atoms with E-state index in [1.807, 2.05) is 0 Å². The van der Waals surface area contributed by atoms with E-state index < -0.39 is 0 Å². The molecule has 0 radical (unpaired) electrons. The molecule has 1 rings (SSSR count). The Labute approximate surface area is 112 Å². The highest BCUT2D eigenvalue weighted by Crippen LogP contribution is 2.27. The van der Waals surface area contributed by atoms with Gasteiger partial charge in [0.25, 0.3) is 0 Å². The van der Waals surface area contributed by atoms with E-state index in [2.05, 4.69) is 69.0 Å². The Morgan fingerprint density at radius 1 is 1.11 bits per heavy atom. The van der Waals surface area contributed by atoms with Crippen molar-refractivity contribution in [2.45, 2.75) is 45.4 Å². The summed E-state index contributed by atoms with van der Waals surface area (Å²) in [6, 6.07) is 10.9. The van der Waals surface area contributed by atoms with Gasteiger partial charge in [-0.3, -0.25) is 0 Å². The van der Waals surface area contributed by atoms with Crippen LogP contribution in [0.3, 0.4) is 0 Å². The molecule has 0 aliphatic heterocycles. The zero-order valence-corrected chi connectivity index (χ0v) is 11.8. The van der Waals surface area contributed by atoms with E-state index in [0.29, 0.717) is 11.8 Å². The van der Waals surface area contributed by atoms with E-state index in [-0.39, 0.29) is 0 Å². The summed E-state index contributed by atoms with van der Waals surface area (Å²) in [4.78, 5) is 0. The van der Waals surface area contributed by atoms with E-state index in [9.17, 15) is 0 Å². The van der Waals surface area contributed by atoms with Gasteiger partial charge >= 0.3 is 0 Å². The summed E-state index contributed by atoms with van der Waals surface area (Å²) in [7, 11) is 0. The van der Waals surface area contributed by atoms with E-state index in [0.717, 1.165) is 12.8 Å². The molecule has 1 aromatic carbocycles. The molecule has 0 aliphatic carbocycles. The van der Waals surface area contributed by atoms with E-state index >= 15 is 0 Å². The molecule has 18 heavy (non-hydrogen) atoms. The number of rotatable bonds is 8. The molecule has 0 heterocycles. The SMILES string of the molecule is C=CC(C)CCC(CC=CCC)c1ccccc1. The number of hydrogen-bond acceptors (Lipinski definition) is 0. The Hall–Kier alpha value is -1.30. The Morgan fingerprint density at radius 2 is 1.83 bits per heavy atom. The fraction of sp³-hybridized carbons (Fsp3) is 0.444. The summed E-state index contributed by atoms with van der Waals surface area (Å²) >= 11 is 0. The summed E-state index contributed by atoms with van der Waals surface area (Å²) in [6.45, 7) is 8.31. The van der Waals surface area contributed by atoms with Crippen LogP contribution in [0.5, 0.6) is 0 Å². The van der Waals surface area contributed by atoms with Crippen LogP contribution >= 0.6 is 0 Å². The Balaban J connectivity index is 2.63. The standard InChI is InChI=1S/C18H26/c1-4-6-8-11-18(15-14-16(3)5-2)17-12-9-7-10-13-17/h5-10,12-13,16,18H,2,4,11,14-15H2,1,3H3. The molecule has 0 bridgehead atoms. The second kappa shape index (κ2) is 8.74. The summed E-state index contributed by atoms with van der Waals surface area (Å²) in [5.41, 5.74) is 1.47. The van der Waals surface area contributed by atoms with E-state index in [1.165, 1.54) is 18.4 Å². The van der Waals surface area contributed by atoms with Gasteiger partial charge in [0.2, 0.25) is 0 Å². The Kier molecular flexibility index (Phi) is 7.17. The van der Waals surface area contributed by atoms with Crippen LogP contribution in [0.4, 0.5) is 0 Å². The monoisotopic (exact) mass is 242 g/mol. The van der Waals surface area contributed by atoms with Crippen molar-refractivity contribution >= 4 is 0 Å². The third-order valence-electron chi connectivity index (χ3n) is 3.47. The lowest BCUT2D eigenvalue weighted by atomic mass is 9.88. The smallest absolute Gasteiger partial charge is 0.0127 e. The molecule has 0 fully saturated rings. The van der Waals surface area contributed by atoms with Crippen LogP contribution in [0.25, 0.3) is 0 Å². The lowest BCUT2D eigenvalue weighted by Gasteiger charge is -2.17. The molecule has 0 heteroatoms. The van der Waals surface area contributed by atoms with Crippen molar-refractivity contribution in [2.24, 2.45) is 5.92 Å². The van der Waals surface area contributed by atoms with E-state index in [4.69, 9.17) is 0 Å². The summed E-state index contributed by atoms with van der Waals surface area (Å²) in [6.07, 6.45) is 11.4. The van der Waals surface area contributed by atoms with Crippen molar-refractivity contribution < 1.29 is 0 Å². The number of allylic oxidation sites excluding steroid dienone is 3. The van der Waals surface area contributed by atoms with Crippen molar-refractivity contribution in [2.75, 3.05) is 0 Å². The average Bonchev–Trinajstić information content (AvgIpc) is 2.43. The third-order valence-corrected chi connectivity index (χ3v) is 3.47. The van der Waals surface area contributed by atoms with Crippen molar-refractivity contribution in [3.63, 3.8) is 0 Å². The molecular weight excluding hydrogens is 216 g/mol. The molecule has 0 saturated carbocycles. The molecule has 0 saturated heterocycles. The average molecular weight is 242 g/mol.